The minimum Gasteiger partial charge on any atom is -0.350 e. The third kappa shape index (κ3) is 4.83. The van der Waals surface area contributed by atoms with Gasteiger partial charge < -0.3 is 9.88 Å². The minimum atomic E-state index is -3.70. The van der Waals surface area contributed by atoms with E-state index in [0.717, 1.165) is 5.56 Å². The Kier molecular flexibility index (Phi) is 5.86. The summed E-state index contributed by atoms with van der Waals surface area (Å²) in [5.41, 5.74) is 2.14. The molecule has 7 heteroatoms. The maximum atomic E-state index is 13.2. The van der Waals surface area contributed by atoms with E-state index < -0.39 is 15.7 Å². The maximum Gasteiger partial charge on any atom is 0.240 e. The van der Waals surface area contributed by atoms with Crippen LogP contribution in [0.1, 0.15) is 11.1 Å². The van der Waals surface area contributed by atoms with Crippen molar-refractivity contribution in [2.45, 2.75) is 23.7 Å². The molecule has 4 aromatic rings. The number of nitrogens with zero attached hydrogens (tertiary/aromatic N) is 1. The SMILES string of the molecule is O=C(Cn1cc(S(=O)(=O)Cc2ccc(F)cc2)c2ccccc21)NCc1ccccc1. The highest BCUT2D eigenvalue weighted by Crippen LogP contribution is 2.28. The zero-order chi connectivity index (χ0) is 21.8. The molecule has 0 spiro atoms. The van der Waals surface area contributed by atoms with Crippen LogP contribution in [0.3, 0.4) is 0 Å². The van der Waals surface area contributed by atoms with Gasteiger partial charge in [0.05, 0.1) is 10.6 Å². The molecule has 0 saturated carbocycles. The number of benzene rings is 3. The van der Waals surface area contributed by atoms with E-state index in [4.69, 9.17) is 0 Å². The second kappa shape index (κ2) is 8.73. The van der Waals surface area contributed by atoms with Crippen molar-refractivity contribution in [2.75, 3.05) is 0 Å². The Labute approximate surface area is 180 Å². The van der Waals surface area contributed by atoms with Gasteiger partial charge in [0.2, 0.25) is 5.91 Å². The molecule has 3 aromatic carbocycles. The smallest absolute Gasteiger partial charge is 0.240 e. The van der Waals surface area contributed by atoms with E-state index >= 15 is 0 Å². The predicted octanol–water partition coefficient (Wildman–Crippen LogP) is 4.07. The molecule has 0 radical (unpaired) electrons. The zero-order valence-electron chi connectivity index (χ0n) is 16.7. The summed E-state index contributed by atoms with van der Waals surface area (Å²) in [6, 6.07) is 22.0. The molecule has 158 valence electrons. The average Bonchev–Trinajstić information content (AvgIpc) is 3.14. The summed E-state index contributed by atoms with van der Waals surface area (Å²) in [7, 11) is -3.70. The Hall–Kier alpha value is -3.45. The number of carbonyl (C=O) groups excluding carboxylic acids is 1. The number of hydrogen-bond donors (Lipinski definition) is 1. The molecule has 0 aliphatic heterocycles. The lowest BCUT2D eigenvalue weighted by molar-refractivity contribution is -0.121. The highest BCUT2D eigenvalue weighted by atomic mass is 32.2. The van der Waals surface area contributed by atoms with Crippen LogP contribution in [0.5, 0.6) is 0 Å². The Morgan fingerprint density at radius 3 is 2.29 bits per heavy atom. The van der Waals surface area contributed by atoms with Gasteiger partial charge in [0.1, 0.15) is 12.4 Å². The first-order valence-corrected chi connectivity index (χ1v) is 11.4. The molecule has 1 heterocycles. The lowest BCUT2D eigenvalue weighted by Gasteiger charge is -2.07. The summed E-state index contributed by atoms with van der Waals surface area (Å²) >= 11 is 0. The molecule has 0 saturated heterocycles. The number of rotatable bonds is 7. The van der Waals surface area contributed by atoms with Crippen LogP contribution in [-0.4, -0.2) is 18.9 Å². The second-order valence-electron chi connectivity index (χ2n) is 7.29. The molecule has 1 N–H and O–H groups in total. The number of sulfone groups is 1. The standard InChI is InChI=1S/C24H21FN2O3S/c25-20-12-10-19(11-13-20)17-31(29,30)23-15-27(22-9-5-4-8-21(22)23)16-24(28)26-14-18-6-2-1-3-7-18/h1-13,15H,14,16-17H2,(H,26,28). The molecular formula is C24H21FN2O3S. The fourth-order valence-electron chi connectivity index (χ4n) is 3.48. The third-order valence-electron chi connectivity index (χ3n) is 5.00. The molecule has 0 bridgehead atoms. The van der Waals surface area contributed by atoms with Gasteiger partial charge in [-0.15, -0.1) is 0 Å². The topological polar surface area (TPSA) is 68.2 Å². The van der Waals surface area contributed by atoms with Gasteiger partial charge in [-0.25, -0.2) is 12.8 Å². The molecule has 0 aliphatic carbocycles. The van der Waals surface area contributed by atoms with Crippen LogP contribution in [0.2, 0.25) is 0 Å². The molecular weight excluding hydrogens is 415 g/mol. The summed E-state index contributed by atoms with van der Waals surface area (Å²) in [5, 5.41) is 3.42. The summed E-state index contributed by atoms with van der Waals surface area (Å²) < 4.78 is 41.0. The van der Waals surface area contributed by atoms with Gasteiger partial charge in [-0.3, -0.25) is 4.79 Å². The van der Waals surface area contributed by atoms with E-state index in [-0.39, 0.29) is 23.1 Å². The van der Waals surface area contributed by atoms with Crippen LogP contribution >= 0.6 is 0 Å². The van der Waals surface area contributed by atoms with Crippen molar-refractivity contribution in [3.05, 3.63) is 102 Å². The fraction of sp³-hybridized carbons (Fsp3) is 0.125. The van der Waals surface area contributed by atoms with Crippen LogP contribution in [0.25, 0.3) is 10.9 Å². The number of amides is 1. The molecule has 4 rings (SSSR count). The van der Waals surface area contributed by atoms with Gasteiger partial charge in [0.25, 0.3) is 0 Å². The van der Waals surface area contributed by atoms with Gasteiger partial charge in [0.15, 0.2) is 9.84 Å². The minimum absolute atomic E-state index is 0.000580. The van der Waals surface area contributed by atoms with Crippen LogP contribution in [0.15, 0.2) is 90.0 Å². The summed E-state index contributed by atoms with van der Waals surface area (Å²) in [6.45, 7) is 0.397. The van der Waals surface area contributed by atoms with Gasteiger partial charge in [0, 0.05) is 23.6 Å². The Bertz CT molecular complexity index is 1310. The van der Waals surface area contributed by atoms with Crippen molar-refractivity contribution in [1.29, 1.82) is 0 Å². The number of fused-ring (bicyclic) bond motifs is 1. The van der Waals surface area contributed by atoms with Gasteiger partial charge >= 0.3 is 0 Å². The highest BCUT2D eigenvalue weighted by molar-refractivity contribution is 7.90. The van der Waals surface area contributed by atoms with Crippen molar-refractivity contribution in [3.8, 4) is 0 Å². The normalized spacial score (nSPS) is 11.5. The first-order chi connectivity index (χ1) is 14.9. The Morgan fingerprint density at radius 1 is 0.871 bits per heavy atom. The van der Waals surface area contributed by atoms with Gasteiger partial charge in [-0.05, 0) is 29.3 Å². The summed E-state index contributed by atoms with van der Waals surface area (Å²) in [5.74, 6) is -0.882. The predicted molar refractivity (Wildman–Crippen MR) is 118 cm³/mol. The average molecular weight is 437 g/mol. The third-order valence-corrected chi connectivity index (χ3v) is 6.71. The fourth-order valence-corrected chi connectivity index (χ4v) is 5.06. The Morgan fingerprint density at radius 2 is 1.55 bits per heavy atom. The van der Waals surface area contributed by atoms with Crippen molar-refractivity contribution >= 4 is 26.6 Å². The molecule has 31 heavy (non-hydrogen) atoms. The number of carbonyl (C=O) groups is 1. The van der Waals surface area contributed by atoms with Crippen LogP contribution < -0.4 is 5.32 Å². The largest absolute Gasteiger partial charge is 0.350 e. The number of para-hydroxylation sites is 1. The van der Waals surface area contributed by atoms with Crippen LogP contribution in [0.4, 0.5) is 4.39 Å². The number of halogens is 1. The number of aromatic nitrogens is 1. The molecule has 1 amide bonds. The molecule has 0 aliphatic rings. The molecule has 0 unspecified atom stereocenters. The van der Waals surface area contributed by atoms with Gasteiger partial charge in [-0.1, -0.05) is 60.7 Å². The van der Waals surface area contributed by atoms with E-state index in [0.29, 0.717) is 23.0 Å². The monoisotopic (exact) mass is 436 g/mol. The first-order valence-electron chi connectivity index (χ1n) is 9.78. The summed E-state index contributed by atoms with van der Waals surface area (Å²) in [6.07, 6.45) is 1.51. The zero-order valence-corrected chi connectivity index (χ0v) is 17.5. The molecule has 0 fully saturated rings. The van der Waals surface area contributed by atoms with Gasteiger partial charge in [-0.2, -0.15) is 0 Å². The van der Waals surface area contributed by atoms with E-state index in [1.165, 1.54) is 30.5 Å². The Balaban J connectivity index is 1.58. The molecule has 1 aromatic heterocycles. The van der Waals surface area contributed by atoms with Crippen molar-refractivity contribution in [3.63, 3.8) is 0 Å². The second-order valence-corrected chi connectivity index (χ2v) is 9.24. The van der Waals surface area contributed by atoms with E-state index in [2.05, 4.69) is 5.32 Å². The maximum absolute atomic E-state index is 13.2. The van der Waals surface area contributed by atoms with E-state index in [1.54, 1.807) is 28.8 Å². The van der Waals surface area contributed by atoms with Crippen LogP contribution in [0, 0.1) is 5.82 Å². The van der Waals surface area contributed by atoms with E-state index in [1.807, 2.05) is 30.3 Å². The molecule has 0 atom stereocenters. The lowest BCUT2D eigenvalue weighted by atomic mass is 10.2. The quantitative estimate of drug-likeness (QED) is 0.475. The summed E-state index contributed by atoms with van der Waals surface area (Å²) in [4.78, 5) is 12.7. The number of hydrogen-bond acceptors (Lipinski definition) is 3. The highest BCUT2D eigenvalue weighted by Gasteiger charge is 2.22. The van der Waals surface area contributed by atoms with Crippen molar-refractivity contribution in [2.24, 2.45) is 0 Å². The van der Waals surface area contributed by atoms with Crippen molar-refractivity contribution in [1.82, 2.24) is 9.88 Å². The van der Waals surface area contributed by atoms with Crippen molar-refractivity contribution < 1.29 is 17.6 Å². The molecule has 5 nitrogen and oxygen atoms in total. The lowest BCUT2D eigenvalue weighted by Crippen LogP contribution is -2.26. The number of nitrogens with one attached hydrogen (secondary N) is 1. The van der Waals surface area contributed by atoms with E-state index in [9.17, 15) is 17.6 Å². The van der Waals surface area contributed by atoms with Crippen LogP contribution in [-0.2, 0) is 33.5 Å². The first kappa shape index (κ1) is 20.8.